The average molecular weight is 358 g/mol. The van der Waals surface area contributed by atoms with E-state index in [-0.39, 0.29) is 19.4 Å². The molecule has 2 nitrogen and oxygen atoms in total. The van der Waals surface area contributed by atoms with Crippen LogP contribution >= 0.6 is 34.8 Å². The van der Waals surface area contributed by atoms with E-state index in [1.54, 1.807) is 20.8 Å². The summed E-state index contributed by atoms with van der Waals surface area (Å²) in [5, 5.41) is -0.937. The van der Waals surface area contributed by atoms with Crippen molar-refractivity contribution in [3.05, 3.63) is 0 Å². The van der Waals surface area contributed by atoms with Crippen LogP contribution in [0.3, 0.4) is 0 Å². The van der Waals surface area contributed by atoms with Crippen LogP contribution in [-0.2, 0) is 9.53 Å². The summed E-state index contributed by atoms with van der Waals surface area (Å²) in [4.78, 5) is 11.3. The average Bonchev–Trinajstić information content (AvgIpc) is 2.24. The fourth-order valence-electron chi connectivity index (χ4n) is 1.43. The molecule has 0 rings (SSSR count). The maximum absolute atomic E-state index is 12.6. The highest BCUT2D eigenvalue weighted by Gasteiger charge is 2.54. The van der Waals surface area contributed by atoms with Gasteiger partial charge in [0, 0.05) is 18.2 Å². The van der Waals surface area contributed by atoms with E-state index in [2.05, 4.69) is 0 Å². The van der Waals surface area contributed by atoms with Crippen molar-refractivity contribution in [2.75, 3.05) is 6.61 Å². The zero-order valence-electron chi connectivity index (χ0n) is 11.5. The third kappa shape index (κ3) is 6.27. The predicted octanol–water partition coefficient (Wildman–Crippen LogP) is 5.09. The van der Waals surface area contributed by atoms with Gasteiger partial charge in [0.05, 0.1) is 6.61 Å². The molecule has 0 bridgehead atoms. The molecule has 0 aromatic heterocycles. The first-order chi connectivity index (χ1) is 8.83. The fourth-order valence-corrected chi connectivity index (χ4v) is 2.24. The van der Waals surface area contributed by atoms with E-state index in [4.69, 9.17) is 39.5 Å². The van der Waals surface area contributed by atoms with Crippen LogP contribution in [0, 0.1) is 5.41 Å². The Labute approximate surface area is 131 Å². The molecule has 1 unspecified atom stereocenters. The summed E-state index contributed by atoms with van der Waals surface area (Å²) in [7, 11) is 0. The van der Waals surface area contributed by atoms with E-state index in [0.717, 1.165) is 0 Å². The molecule has 20 heavy (non-hydrogen) atoms. The van der Waals surface area contributed by atoms with Gasteiger partial charge in [-0.05, 0) is 18.8 Å². The first-order valence-corrected chi connectivity index (χ1v) is 7.27. The summed E-state index contributed by atoms with van der Waals surface area (Å²) in [6, 6.07) is 0. The van der Waals surface area contributed by atoms with E-state index in [9.17, 15) is 18.0 Å². The summed E-state index contributed by atoms with van der Waals surface area (Å²) in [5.41, 5.74) is -0.741. The Morgan fingerprint density at radius 3 is 2.15 bits per heavy atom. The molecule has 0 aliphatic heterocycles. The van der Waals surface area contributed by atoms with Gasteiger partial charge >= 0.3 is 12.1 Å². The molecular formula is C12H18Cl3F3O2. The van der Waals surface area contributed by atoms with Crippen molar-refractivity contribution in [3.8, 4) is 0 Å². The molecule has 0 saturated heterocycles. The Kier molecular flexibility index (Phi) is 7.46. The molecule has 1 atom stereocenters. The molecule has 0 aliphatic rings. The molecule has 0 fully saturated rings. The Morgan fingerprint density at radius 2 is 1.75 bits per heavy atom. The minimum absolute atomic E-state index is 0.0770. The first kappa shape index (κ1) is 20.1. The maximum Gasteiger partial charge on any atom is 0.421 e. The lowest BCUT2D eigenvalue weighted by Crippen LogP contribution is -2.40. The first-order valence-electron chi connectivity index (χ1n) is 6.07. The van der Waals surface area contributed by atoms with Crippen LogP contribution in [0.5, 0.6) is 0 Å². The van der Waals surface area contributed by atoms with Crippen molar-refractivity contribution in [2.24, 2.45) is 5.41 Å². The van der Waals surface area contributed by atoms with Gasteiger partial charge in [-0.1, -0.05) is 37.0 Å². The Bertz CT molecular complexity index is 330. The van der Waals surface area contributed by atoms with Gasteiger partial charge in [-0.15, -0.1) is 11.6 Å². The molecule has 0 saturated carbocycles. The monoisotopic (exact) mass is 356 g/mol. The molecule has 0 heterocycles. The maximum atomic E-state index is 12.6. The van der Waals surface area contributed by atoms with Gasteiger partial charge in [0.2, 0.25) is 4.33 Å². The van der Waals surface area contributed by atoms with Crippen molar-refractivity contribution < 1.29 is 22.7 Å². The van der Waals surface area contributed by atoms with Crippen LogP contribution in [0.15, 0.2) is 0 Å². The smallest absolute Gasteiger partial charge is 0.421 e. The molecule has 0 amide bonds. The quantitative estimate of drug-likeness (QED) is 0.468. The zero-order chi connectivity index (χ0) is 16.2. The molecule has 0 radical (unpaired) electrons. The van der Waals surface area contributed by atoms with Gasteiger partial charge in [-0.2, -0.15) is 13.2 Å². The van der Waals surface area contributed by atoms with Crippen molar-refractivity contribution >= 4 is 40.8 Å². The van der Waals surface area contributed by atoms with Gasteiger partial charge in [0.1, 0.15) is 0 Å². The molecule has 0 aromatic carbocycles. The summed E-state index contributed by atoms with van der Waals surface area (Å²) in [5.74, 6) is -0.414. The van der Waals surface area contributed by atoms with Gasteiger partial charge in [0.25, 0.3) is 0 Å². The zero-order valence-corrected chi connectivity index (χ0v) is 13.8. The summed E-state index contributed by atoms with van der Waals surface area (Å²) in [6.07, 6.45) is -5.06. The number of alkyl halides is 6. The highest BCUT2D eigenvalue weighted by Crippen LogP contribution is 2.47. The lowest BCUT2D eigenvalue weighted by molar-refractivity contribution is -0.146. The minimum atomic E-state index is -4.76. The highest BCUT2D eigenvalue weighted by atomic mass is 35.5. The van der Waals surface area contributed by atoms with Gasteiger partial charge in [-0.3, -0.25) is 4.79 Å². The molecule has 0 aliphatic carbocycles. The Hall–Kier alpha value is 0.130. The summed E-state index contributed by atoms with van der Waals surface area (Å²) >= 11 is 16.6. The normalized spacial score (nSPS) is 15.1. The number of esters is 1. The second kappa shape index (κ2) is 7.41. The number of rotatable bonds is 7. The van der Waals surface area contributed by atoms with Crippen molar-refractivity contribution in [1.82, 2.24) is 0 Å². The van der Waals surface area contributed by atoms with Crippen LogP contribution in [0.4, 0.5) is 13.2 Å². The molecule has 0 N–H and O–H groups in total. The van der Waals surface area contributed by atoms with E-state index >= 15 is 0 Å². The van der Waals surface area contributed by atoms with E-state index < -0.39 is 33.7 Å². The third-order valence-electron chi connectivity index (χ3n) is 2.98. The lowest BCUT2D eigenvalue weighted by Gasteiger charge is -2.34. The SMILES string of the molecule is CCOC(=O)CCC(C)(C)C(Cl)CC(Cl)(Cl)C(F)(F)F. The van der Waals surface area contributed by atoms with Gasteiger partial charge in [0.15, 0.2) is 0 Å². The number of carbonyl (C=O) groups is 1. The molecule has 0 aromatic rings. The second-order valence-electron chi connectivity index (χ2n) is 5.17. The number of hydrogen-bond acceptors (Lipinski definition) is 2. The standard InChI is InChI=1S/C12H18Cl3F3O2/c1-4-20-9(19)5-6-10(2,3)8(13)7-11(14,15)12(16,17)18/h8H,4-7H2,1-3H3. The Balaban J connectivity index is 4.59. The molecule has 0 spiro atoms. The fraction of sp³-hybridized carbons (Fsp3) is 0.917. The van der Waals surface area contributed by atoms with E-state index in [1.807, 2.05) is 0 Å². The molecule has 120 valence electrons. The largest absolute Gasteiger partial charge is 0.466 e. The topological polar surface area (TPSA) is 26.3 Å². The van der Waals surface area contributed by atoms with Crippen LogP contribution in [0.1, 0.15) is 40.0 Å². The lowest BCUT2D eigenvalue weighted by atomic mass is 9.82. The predicted molar refractivity (Wildman–Crippen MR) is 74.4 cm³/mol. The number of carbonyl (C=O) groups excluding carboxylic acids is 1. The van der Waals surface area contributed by atoms with Crippen molar-refractivity contribution in [1.29, 1.82) is 0 Å². The highest BCUT2D eigenvalue weighted by molar-refractivity contribution is 6.49. The van der Waals surface area contributed by atoms with Crippen LogP contribution in [0.2, 0.25) is 0 Å². The molecule has 8 heteroatoms. The van der Waals surface area contributed by atoms with Crippen molar-refractivity contribution in [3.63, 3.8) is 0 Å². The number of halogens is 6. The third-order valence-corrected chi connectivity index (χ3v) is 4.46. The Morgan fingerprint density at radius 1 is 1.25 bits per heavy atom. The van der Waals surface area contributed by atoms with E-state index in [1.165, 1.54) is 0 Å². The van der Waals surface area contributed by atoms with Gasteiger partial charge < -0.3 is 4.74 Å². The minimum Gasteiger partial charge on any atom is -0.466 e. The van der Waals surface area contributed by atoms with Crippen molar-refractivity contribution in [2.45, 2.75) is 55.9 Å². The van der Waals surface area contributed by atoms with Gasteiger partial charge in [-0.25, -0.2) is 0 Å². The summed E-state index contributed by atoms with van der Waals surface area (Å²) < 4.78 is 39.7. The number of ether oxygens (including phenoxy) is 1. The van der Waals surface area contributed by atoms with Crippen LogP contribution < -0.4 is 0 Å². The second-order valence-corrected chi connectivity index (χ2v) is 7.18. The summed E-state index contributed by atoms with van der Waals surface area (Å²) in [6.45, 7) is 5.24. The van der Waals surface area contributed by atoms with Crippen LogP contribution in [-0.4, -0.2) is 28.5 Å². The van der Waals surface area contributed by atoms with Crippen LogP contribution in [0.25, 0.3) is 0 Å². The van der Waals surface area contributed by atoms with E-state index in [0.29, 0.717) is 0 Å². The number of hydrogen-bond donors (Lipinski definition) is 0. The molecular weight excluding hydrogens is 339 g/mol.